The minimum Gasteiger partial charge on any atom is -0.380 e. The number of amides is 2. The quantitative estimate of drug-likeness (QED) is 0.772. The molecule has 0 spiro atoms. The first-order valence-electron chi connectivity index (χ1n) is 11.6. The van der Waals surface area contributed by atoms with Gasteiger partial charge in [-0.15, -0.1) is 0 Å². The number of benzene rings is 1. The number of rotatable bonds is 4. The zero-order chi connectivity index (χ0) is 21.7. The molecule has 1 saturated heterocycles. The van der Waals surface area contributed by atoms with E-state index < -0.39 is 0 Å². The number of carbonyl (C=O) groups excluding carboxylic acids is 1. The Balaban J connectivity index is 1.18. The molecular weight excluding hydrogens is 402 g/mol. The van der Waals surface area contributed by atoms with Crippen LogP contribution in [0.1, 0.15) is 31.2 Å². The number of fused-ring (bicyclic) bond motifs is 2. The molecule has 2 fully saturated rings. The fraction of sp³-hybridized carbons (Fsp3) is 0.458. The van der Waals surface area contributed by atoms with E-state index in [0.717, 1.165) is 62.4 Å². The van der Waals surface area contributed by atoms with Gasteiger partial charge in [0.25, 0.3) is 0 Å². The van der Waals surface area contributed by atoms with Crippen molar-refractivity contribution in [2.45, 2.75) is 38.3 Å². The Kier molecular flexibility index (Phi) is 4.66. The number of aromatic nitrogens is 2. The summed E-state index contributed by atoms with van der Waals surface area (Å²) in [6.45, 7) is 3.69. The number of hydrogen-bond acceptors (Lipinski definition) is 6. The summed E-state index contributed by atoms with van der Waals surface area (Å²) in [7, 11) is 2.15. The largest absolute Gasteiger partial charge is 0.380 e. The predicted molar refractivity (Wildman–Crippen MR) is 125 cm³/mol. The fourth-order valence-corrected chi connectivity index (χ4v) is 5.53. The number of hydrogen-bond donors (Lipinski definition) is 2. The second kappa shape index (κ2) is 7.69. The van der Waals surface area contributed by atoms with Gasteiger partial charge in [-0.25, -0.2) is 9.78 Å². The second-order valence-corrected chi connectivity index (χ2v) is 9.40. The van der Waals surface area contributed by atoms with Crippen LogP contribution < -0.4 is 20.4 Å². The Morgan fingerprint density at radius 3 is 2.72 bits per heavy atom. The summed E-state index contributed by atoms with van der Waals surface area (Å²) in [5.74, 6) is 1.93. The lowest BCUT2D eigenvalue weighted by molar-refractivity contribution is 0.241. The van der Waals surface area contributed by atoms with E-state index in [-0.39, 0.29) is 12.1 Å². The lowest BCUT2D eigenvalue weighted by Crippen LogP contribution is -2.49. The first-order valence-corrected chi connectivity index (χ1v) is 11.6. The summed E-state index contributed by atoms with van der Waals surface area (Å²) in [6, 6.07) is 8.65. The van der Waals surface area contributed by atoms with E-state index in [9.17, 15) is 4.79 Å². The second-order valence-electron chi connectivity index (χ2n) is 9.40. The summed E-state index contributed by atoms with van der Waals surface area (Å²) in [5, 5.41) is 6.29. The molecule has 2 aromatic rings. The average Bonchev–Trinajstić information content (AvgIpc) is 3.51. The smallest absolute Gasteiger partial charge is 0.323 e. The third-order valence-corrected chi connectivity index (χ3v) is 7.13. The first-order chi connectivity index (χ1) is 15.6. The zero-order valence-electron chi connectivity index (χ0n) is 18.4. The third kappa shape index (κ3) is 3.43. The molecule has 32 heavy (non-hydrogen) atoms. The Bertz CT molecular complexity index is 1060. The fourth-order valence-electron chi connectivity index (χ4n) is 5.53. The molecule has 4 aliphatic rings. The van der Waals surface area contributed by atoms with Gasteiger partial charge in [0.2, 0.25) is 5.95 Å². The molecule has 6 rings (SSSR count). The number of nitrogens with zero attached hydrogens (tertiary/aromatic N) is 5. The molecule has 1 aromatic carbocycles. The molecule has 8 heteroatoms. The molecule has 4 heterocycles. The van der Waals surface area contributed by atoms with Crippen LogP contribution in [-0.2, 0) is 6.54 Å². The summed E-state index contributed by atoms with van der Waals surface area (Å²) in [4.78, 5) is 28.4. The van der Waals surface area contributed by atoms with Crippen LogP contribution in [0.2, 0.25) is 0 Å². The van der Waals surface area contributed by atoms with Gasteiger partial charge in [-0.1, -0.05) is 12.8 Å². The van der Waals surface area contributed by atoms with Crippen LogP contribution in [0.3, 0.4) is 0 Å². The predicted octanol–water partition coefficient (Wildman–Crippen LogP) is 3.46. The van der Waals surface area contributed by atoms with Crippen molar-refractivity contribution in [2.75, 3.05) is 41.8 Å². The maximum absolute atomic E-state index is 12.6. The van der Waals surface area contributed by atoms with Gasteiger partial charge in [0.1, 0.15) is 5.82 Å². The highest BCUT2D eigenvalue weighted by Crippen LogP contribution is 2.34. The van der Waals surface area contributed by atoms with Gasteiger partial charge in [-0.2, -0.15) is 4.98 Å². The Morgan fingerprint density at radius 2 is 1.94 bits per heavy atom. The van der Waals surface area contributed by atoms with Crippen LogP contribution in [0.15, 0.2) is 42.2 Å². The van der Waals surface area contributed by atoms with Crippen LogP contribution in [0.4, 0.5) is 27.9 Å². The van der Waals surface area contributed by atoms with Crippen LogP contribution in [0, 0.1) is 5.92 Å². The highest BCUT2D eigenvalue weighted by atomic mass is 16.2. The first kappa shape index (κ1) is 19.4. The molecule has 166 valence electrons. The third-order valence-electron chi connectivity index (χ3n) is 7.13. The Labute approximate surface area is 188 Å². The monoisotopic (exact) mass is 431 g/mol. The van der Waals surface area contributed by atoms with Gasteiger partial charge in [0.05, 0.1) is 0 Å². The molecule has 3 aliphatic heterocycles. The molecule has 1 aromatic heterocycles. The van der Waals surface area contributed by atoms with Crippen molar-refractivity contribution in [1.82, 2.24) is 20.2 Å². The Hall–Kier alpha value is -3.29. The van der Waals surface area contributed by atoms with Gasteiger partial charge in [0, 0.05) is 74.5 Å². The van der Waals surface area contributed by atoms with E-state index in [1.54, 1.807) is 0 Å². The minimum atomic E-state index is -0.0462. The molecule has 1 atom stereocenters. The van der Waals surface area contributed by atoms with E-state index in [4.69, 9.17) is 4.98 Å². The van der Waals surface area contributed by atoms with Crippen molar-refractivity contribution in [1.29, 1.82) is 0 Å². The normalized spacial score (nSPS) is 22.7. The van der Waals surface area contributed by atoms with E-state index in [0.29, 0.717) is 18.4 Å². The van der Waals surface area contributed by atoms with E-state index >= 15 is 0 Å². The maximum atomic E-state index is 12.6. The van der Waals surface area contributed by atoms with Crippen LogP contribution >= 0.6 is 0 Å². The van der Waals surface area contributed by atoms with Crippen molar-refractivity contribution in [3.63, 3.8) is 0 Å². The minimum absolute atomic E-state index is 0.0462. The van der Waals surface area contributed by atoms with Gasteiger partial charge in [-0.3, -0.25) is 4.90 Å². The lowest BCUT2D eigenvalue weighted by Gasteiger charge is -2.33. The van der Waals surface area contributed by atoms with E-state index in [1.165, 1.54) is 11.3 Å². The van der Waals surface area contributed by atoms with Crippen molar-refractivity contribution >= 4 is 29.2 Å². The standard InChI is InChI=1S/C24H29N7O/c1-29-12-17-14-30(15-18(17)13-29)20-8-6-19(7-9-20)27-23-25-10-16-11-26-24(32)31(22(16)28-23)21-4-2-3-5-21/h6-10,12,18,21H,2-5,11,13-15H2,1H3,(H,26,32)(H,25,27,28). The Morgan fingerprint density at radius 1 is 1.12 bits per heavy atom. The van der Waals surface area contributed by atoms with Crippen molar-refractivity contribution in [3.8, 4) is 0 Å². The van der Waals surface area contributed by atoms with Crippen molar-refractivity contribution in [2.24, 2.45) is 5.92 Å². The molecule has 0 bridgehead atoms. The molecule has 2 amide bonds. The molecule has 8 nitrogen and oxygen atoms in total. The van der Waals surface area contributed by atoms with Crippen LogP contribution in [-0.4, -0.2) is 53.6 Å². The molecule has 1 saturated carbocycles. The number of anilines is 4. The van der Waals surface area contributed by atoms with Gasteiger partial charge in [0.15, 0.2) is 0 Å². The van der Waals surface area contributed by atoms with Crippen molar-refractivity contribution < 1.29 is 4.79 Å². The molecule has 1 unspecified atom stereocenters. The highest BCUT2D eigenvalue weighted by Gasteiger charge is 2.34. The summed E-state index contributed by atoms with van der Waals surface area (Å²) >= 11 is 0. The van der Waals surface area contributed by atoms with Crippen molar-refractivity contribution in [3.05, 3.63) is 47.8 Å². The summed E-state index contributed by atoms with van der Waals surface area (Å²) in [5.41, 5.74) is 4.69. The number of nitrogens with one attached hydrogen (secondary N) is 2. The summed E-state index contributed by atoms with van der Waals surface area (Å²) in [6.07, 6.45) is 8.52. The highest BCUT2D eigenvalue weighted by molar-refractivity contribution is 5.94. The van der Waals surface area contributed by atoms with Crippen LogP contribution in [0.5, 0.6) is 0 Å². The van der Waals surface area contributed by atoms with Gasteiger partial charge < -0.3 is 20.4 Å². The van der Waals surface area contributed by atoms with E-state index in [1.807, 2.05) is 11.1 Å². The molecule has 1 aliphatic carbocycles. The lowest BCUT2D eigenvalue weighted by atomic mass is 10.1. The van der Waals surface area contributed by atoms with Crippen LogP contribution in [0.25, 0.3) is 0 Å². The molecule has 2 N–H and O–H groups in total. The molecular formula is C24H29N7O. The number of carbonyl (C=O) groups is 1. The van der Waals surface area contributed by atoms with Gasteiger partial charge in [-0.05, 0) is 42.7 Å². The SMILES string of the molecule is CN1C=C2CN(c3ccc(Nc4ncc5c(n4)N(C4CCCC4)C(=O)NC5)cc3)CC2C1. The summed E-state index contributed by atoms with van der Waals surface area (Å²) < 4.78 is 0. The molecule has 0 radical (unpaired) electrons. The maximum Gasteiger partial charge on any atom is 0.323 e. The topological polar surface area (TPSA) is 76.6 Å². The number of urea groups is 1. The van der Waals surface area contributed by atoms with Gasteiger partial charge >= 0.3 is 6.03 Å². The average molecular weight is 432 g/mol. The zero-order valence-corrected chi connectivity index (χ0v) is 18.4. The van der Waals surface area contributed by atoms with E-state index in [2.05, 4.69) is 62.9 Å².